The van der Waals surface area contributed by atoms with E-state index < -0.39 is 0 Å². The van der Waals surface area contributed by atoms with Crippen molar-refractivity contribution in [1.29, 1.82) is 0 Å². The van der Waals surface area contributed by atoms with E-state index in [0.717, 1.165) is 31.2 Å². The van der Waals surface area contributed by atoms with Crippen molar-refractivity contribution in [1.82, 2.24) is 0 Å². The zero-order valence-corrected chi connectivity index (χ0v) is 15.3. The van der Waals surface area contributed by atoms with Gasteiger partial charge in [0.1, 0.15) is 5.75 Å². The Kier molecular flexibility index (Phi) is 4.62. The summed E-state index contributed by atoms with van der Waals surface area (Å²) in [4.78, 5) is 24.7. The van der Waals surface area contributed by atoms with Gasteiger partial charge in [0, 0.05) is 33.3 Å². The van der Waals surface area contributed by atoms with Gasteiger partial charge in [0.15, 0.2) is 0 Å². The predicted octanol–water partition coefficient (Wildman–Crippen LogP) is 4.67. The maximum absolute atomic E-state index is 12.4. The SMILES string of the molecule is O=C1Nc2cc(NC(=O)C3CCCC3)ccc2/C1=C/c1cc(Cl)ccc1O. The van der Waals surface area contributed by atoms with Gasteiger partial charge in [0.2, 0.25) is 5.91 Å². The highest BCUT2D eigenvalue weighted by Gasteiger charge is 2.26. The first kappa shape index (κ1) is 17.6. The third kappa shape index (κ3) is 3.55. The normalized spacial score (nSPS) is 17.8. The summed E-state index contributed by atoms with van der Waals surface area (Å²) < 4.78 is 0. The summed E-state index contributed by atoms with van der Waals surface area (Å²) in [6, 6.07) is 10.0. The van der Waals surface area contributed by atoms with E-state index in [9.17, 15) is 14.7 Å². The molecule has 6 heteroatoms. The molecule has 4 rings (SSSR count). The Hall–Kier alpha value is -2.79. The standard InChI is InChI=1S/C21H19ClN2O3/c22-14-5-8-19(25)13(9-14)10-17-16-7-6-15(11-18(16)24-21(17)27)23-20(26)12-3-1-2-4-12/h5-12,25H,1-4H2,(H,23,26)(H,24,27)/b17-10-. The van der Waals surface area contributed by atoms with E-state index >= 15 is 0 Å². The van der Waals surface area contributed by atoms with Crippen LogP contribution in [0.5, 0.6) is 5.75 Å². The van der Waals surface area contributed by atoms with Gasteiger partial charge in [-0.1, -0.05) is 30.5 Å². The van der Waals surface area contributed by atoms with Crippen molar-refractivity contribution in [3.05, 3.63) is 52.5 Å². The molecule has 27 heavy (non-hydrogen) atoms. The van der Waals surface area contributed by atoms with Crippen LogP contribution in [-0.4, -0.2) is 16.9 Å². The molecule has 0 bridgehead atoms. The topological polar surface area (TPSA) is 78.4 Å². The van der Waals surface area contributed by atoms with Crippen LogP contribution < -0.4 is 10.6 Å². The molecule has 0 aromatic heterocycles. The van der Waals surface area contributed by atoms with Gasteiger partial charge in [0.05, 0.1) is 5.69 Å². The quantitative estimate of drug-likeness (QED) is 0.675. The van der Waals surface area contributed by atoms with Crippen LogP contribution in [-0.2, 0) is 9.59 Å². The van der Waals surface area contributed by atoms with Crippen molar-refractivity contribution in [2.75, 3.05) is 10.6 Å². The van der Waals surface area contributed by atoms with Crippen LogP contribution in [0.15, 0.2) is 36.4 Å². The molecule has 0 saturated heterocycles. The van der Waals surface area contributed by atoms with E-state index in [1.807, 2.05) is 0 Å². The molecule has 1 fully saturated rings. The monoisotopic (exact) mass is 382 g/mol. The fourth-order valence-corrected chi connectivity index (χ4v) is 3.82. The molecule has 0 spiro atoms. The maximum Gasteiger partial charge on any atom is 0.256 e. The average Bonchev–Trinajstić information content (AvgIpc) is 3.27. The van der Waals surface area contributed by atoms with Crippen molar-refractivity contribution in [3.8, 4) is 5.75 Å². The minimum absolute atomic E-state index is 0.0383. The Morgan fingerprint density at radius 2 is 1.96 bits per heavy atom. The summed E-state index contributed by atoms with van der Waals surface area (Å²) in [6.07, 6.45) is 5.68. The van der Waals surface area contributed by atoms with Crippen LogP contribution in [0.4, 0.5) is 11.4 Å². The molecule has 0 unspecified atom stereocenters. The number of halogens is 1. The third-order valence-corrected chi connectivity index (χ3v) is 5.32. The van der Waals surface area contributed by atoms with E-state index in [1.165, 1.54) is 6.07 Å². The smallest absolute Gasteiger partial charge is 0.256 e. The van der Waals surface area contributed by atoms with E-state index in [1.54, 1.807) is 36.4 Å². The number of aromatic hydroxyl groups is 1. The Morgan fingerprint density at radius 3 is 2.74 bits per heavy atom. The van der Waals surface area contributed by atoms with Crippen LogP contribution in [0.3, 0.4) is 0 Å². The molecule has 138 valence electrons. The van der Waals surface area contributed by atoms with Gasteiger partial charge in [-0.05, 0) is 49.2 Å². The molecule has 2 aliphatic rings. The molecule has 2 amide bonds. The van der Waals surface area contributed by atoms with Gasteiger partial charge < -0.3 is 15.7 Å². The Bertz CT molecular complexity index is 962. The van der Waals surface area contributed by atoms with Crippen molar-refractivity contribution >= 4 is 46.4 Å². The fourth-order valence-electron chi connectivity index (χ4n) is 3.64. The Morgan fingerprint density at radius 1 is 1.19 bits per heavy atom. The molecule has 1 heterocycles. The summed E-state index contributed by atoms with van der Waals surface area (Å²) in [7, 11) is 0. The molecular formula is C21H19ClN2O3. The second kappa shape index (κ2) is 7.08. The first-order valence-electron chi connectivity index (χ1n) is 8.98. The molecule has 2 aromatic carbocycles. The lowest BCUT2D eigenvalue weighted by Crippen LogP contribution is -2.20. The minimum atomic E-state index is -0.261. The van der Waals surface area contributed by atoms with Crippen LogP contribution in [0, 0.1) is 5.92 Å². The summed E-state index contributed by atoms with van der Waals surface area (Å²) in [5.41, 5.74) is 2.93. The molecule has 5 nitrogen and oxygen atoms in total. The highest BCUT2D eigenvalue weighted by molar-refractivity contribution is 6.35. The molecule has 3 N–H and O–H groups in total. The highest BCUT2D eigenvalue weighted by atomic mass is 35.5. The minimum Gasteiger partial charge on any atom is -0.507 e. The molecule has 2 aromatic rings. The van der Waals surface area contributed by atoms with Gasteiger partial charge in [-0.2, -0.15) is 0 Å². The number of carbonyl (C=O) groups is 2. The van der Waals surface area contributed by atoms with Crippen molar-refractivity contribution in [3.63, 3.8) is 0 Å². The van der Waals surface area contributed by atoms with E-state index in [-0.39, 0.29) is 23.5 Å². The van der Waals surface area contributed by atoms with Crippen LogP contribution in [0.1, 0.15) is 36.8 Å². The number of fused-ring (bicyclic) bond motifs is 1. The molecule has 0 atom stereocenters. The third-order valence-electron chi connectivity index (χ3n) is 5.09. The lowest BCUT2D eigenvalue weighted by atomic mass is 10.0. The van der Waals surface area contributed by atoms with Gasteiger partial charge in [-0.3, -0.25) is 9.59 Å². The zero-order valence-electron chi connectivity index (χ0n) is 14.6. The van der Waals surface area contributed by atoms with Gasteiger partial charge in [-0.25, -0.2) is 0 Å². The average molecular weight is 383 g/mol. The summed E-state index contributed by atoms with van der Waals surface area (Å²) in [5, 5.41) is 16.2. The van der Waals surface area contributed by atoms with Crippen LogP contribution in [0.2, 0.25) is 5.02 Å². The highest BCUT2D eigenvalue weighted by Crippen LogP contribution is 2.37. The molecular weight excluding hydrogens is 364 g/mol. The zero-order chi connectivity index (χ0) is 19.0. The second-order valence-electron chi connectivity index (χ2n) is 6.95. The number of phenols is 1. The summed E-state index contributed by atoms with van der Waals surface area (Å²) >= 11 is 5.98. The number of phenolic OH excluding ortho intramolecular Hbond substituents is 1. The lowest BCUT2D eigenvalue weighted by Gasteiger charge is -2.11. The molecule has 1 aliphatic carbocycles. The van der Waals surface area contributed by atoms with Crippen molar-refractivity contribution < 1.29 is 14.7 Å². The lowest BCUT2D eigenvalue weighted by molar-refractivity contribution is -0.119. The number of hydrogen-bond donors (Lipinski definition) is 3. The first-order chi connectivity index (χ1) is 13.0. The largest absolute Gasteiger partial charge is 0.507 e. The molecule has 1 saturated carbocycles. The number of amides is 2. The number of rotatable bonds is 3. The predicted molar refractivity (Wildman–Crippen MR) is 107 cm³/mol. The van der Waals surface area contributed by atoms with Crippen molar-refractivity contribution in [2.24, 2.45) is 5.92 Å². The van der Waals surface area contributed by atoms with Crippen LogP contribution >= 0.6 is 11.6 Å². The summed E-state index contributed by atoms with van der Waals surface area (Å²) in [6.45, 7) is 0. The second-order valence-corrected chi connectivity index (χ2v) is 7.38. The van der Waals surface area contributed by atoms with E-state index in [0.29, 0.717) is 27.5 Å². The number of anilines is 2. The number of benzene rings is 2. The molecule has 1 aliphatic heterocycles. The number of hydrogen-bond acceptors (Lipinski definition) is 3. The first-order valence-corrected chi connectivity index (χ1v) is 9.36. The summed E-state index contributed by atoms with van der Waals surface area (Å²) in [5.74, 6) is -0.0947. The number of nitrogens with one attached hydrogen (secondary N) is 2. The van der Waals surface area contributed by atoms with Gasteiger partial charge >= 0.3 is 0 Å². The Labute approximate surface area is 162 Å². The number of carbonyl (C=O) groups excluding carboxylic acids is 2. The van der Waals surface area contributed by atoms with Gasteiger partial charge in [0.25, 0.3) is 5.91 Å². The molecule has 0 radical (unpaired) electrons. The van der Waals surface area contributed by atoms with E-state index in [2.05, 4.69) is 10.6 Å². The van der Waals surface area contributed by atoms with E-state index in [4.69, 9.17) is 11.6 Å². The van der Waals surface area contributed by atoms with Crippen LogP contribution in [0.25, 0.3) is 11.6 Å². The van der Waals surface area contributed by atoms with Gasteiger partial charge in [-0.15, -0.1) is 0 Å². The van der Waals surface area contributed by atoms with Crippen molar-refractivity contribution in [2.45, 2.75) is 25.7 Å². The fraction of sp³-hybridized carbons (Fsp3) is 0.238. The maximum atomic E-state index is 12.4. The Balaban J connectivity index is 1.61.